The zero-order valence-corrected chi connectivity index (χ0v) is 11.5. The minimum absolute atomic E-state index is 0.0974. The topological polar surface area (TPSA) is 58.6 Å². The molecule has 0 saturated heterocycles. The number of carbonyl (C=O) groups excluding carboxylic acids is 1. The fourth-order valence-corrected chi connectivity index (χ4v) is 2.56. The van der Waals surface area contributed by atoms with Crippen molar-refractivity contribution in [3.8, 4) is 0 Å². The molecule has 0 aliphatic carbocycles. The third-order valence-corrected chi connectivity index (χ3v) is 4.16. The molecule has 0 atom stereocenters. The SMILES string of the molecule is O=C(NCCSCS)OCSCSCO. The second-order valence-electron chi connectivity index (χ2n) is 2.17. The van der Waals surface area contributed by atoms with Gasteiger partial charge in [0.15, 0.2) is 0 Å². The van der Waals surface area contributed by atoms with E-state index in [0.29, 0.717) is 12.5 Å². The number of nitrogens with one attached hydrogen (secondary N) is 1. The summed E-state index contributed by atoms with van der Waals surface area (Å²) in [4.78, 5) is 11.0. The van der Waals surface area contributed by atoms with E-state index >= 15 is 0 Å². The van der Waals surface area contributed by atoms with Gasteiger partial charge in [-0.05, 0) is 0 Å². The van der Waals surface area contributed by atoms with Gasteiger partial charge in [-0.2, -0.15) is 12.6 Å². The van der Waals surface area contributed by atoms with Gasteiger partial charge in [0, 0.05) is 22.5 Å². The molecule has 0 spiro atoms. The Bertz CT molecular complexity index is 161. The number of thiol groups is 1. The highest BCUT2D eigenvalue weighted by atomic mass is 32.2. The number of thioether (sulfide) groups is 3. The second-order valence-corrected chi connectivity index (χ2v) is 6.27. The van der Waals surface area contributed by atoms with Gasteiger partial charge in [-0.3, -0.25) is 0 Å². The molecular formula is C7H15NO3S4. The molecule has 0 rings (SSSR count). The lowest BCUT2D eigenvalue weighted by molar-refractivity contribution is 0.166. The monoisotopic (exact) mass is 289 g/mol. The first-order valence-electron chi connectivity index (χ1n) is 4.16. The van der Waals surface area contributed by atoms with Crippen molar-refractivity contribution in [2.75, 3.05) is 34.3 Å². The molecule has 0 fully saturated rings. The highest BCUT2D eigenvalue weighted by Gasteiger charge is 2.00. The Hall–Kier alpha value is 0.630. The quantitative estimate of drug-likeness (QED) is 0.341. The largest absolute Gasteiger partial charge is 0.438 e. The maximum Gasteiger partial charge on any atom is 0.407 e. The lowest BCUT2D eigenvalue weighted by Crippen LogP contribution is -2.26. The van der Waals surface area contributed by atoms with Gasteiger partial charge in [0.25, 0.3) is 0 Å². The van der Waals surface area contributed by atoms with Crippen LogP contribution in [0.1, 0.15) is 0 Å². The van der Waals surface area contributed by atoms with Gasteiger partial charge in [-0.1, -0.05) is 0 Å². The molecule has 15 heavy (non-hydrogen) atoms. The lowest BCUT2D eigenvalue weighted by Gasteiger charge is -2.05. The van der Waals surface area contributed by atoms with Crippen LogP contribution in [0.2, 0.25) is 0 Å². The van der Waals surface area contributed by atoms with Gasteiger partial charge >= 0.3 is 6.09 Å². The number of rotatable bonds is 9. The van der Waals surface area contributed by atoms with Gasteiger partial charge in [-0.15, -0.1) is 35.3 Å². The average molecular weight is 289 g/mol. The molecule has 0 bridgehead atoms. The van der Waals surface area contributed by atoms with Crippen LogP contribution >= 0.6 is 47.9 Å². The summed E-state index contributed by atoms with van der Waals surface area (Å²) in [6, 6.07) is 0. The molecule has 0 unspecified atom stereocenters. The molecule has 0 aromatic rings. The molecule has 4 nitrogen and oxygen atoms in total. The van der Waals surface area contributed by atoms with Crippen LogP contribution in [0, 0.1) is 0 Å². The predicted molar refractivity (Wildman–Crippen MR) is 72.8 cm³/mol. The first-order valence-corrected chi connectivity index (χ1v) is 8.26. The van der Waals surface area contributed by atoms with Crippen molar-refractivity contribution in [3.05, 3.63) is 0 Å². The maximum absolute atomic E-state index is 11.0. The number of carbonyl (C=O) groups is 1. The van der Waals surface area contributed by atoms with Gasteiger partial charge in [0.1, 0.15) is 5.94 Å². The van der Waals surface area contributed by atoms with E-state index in [9.17, 15) is 4.79 Å². The van der Waals surface area contributed by atoms with Gasteiger partial charge in [0.05, 0.1) is 5.94 Å². The van der Waals surface area contributed by atoms with E-state index in [2.05, 4.69) is 17.9 Å². The van der Waals surface area contributed by atoms with Crippen molar-refractivity contribution in [3.63, 3.8) is 0 Å². The van der Waals surface area contributed by atoms with E-state index in [4.69, 9.17) is 9.84 Å². The molecular weight excluding hydrogens is 274 g/mol. The first-order chi connectivity index (χ1) is 7.31. The van der Waals surface area contributed by atoms with Crippen LogP contribution in [0.3, 0.4) is 0 Å². The van der Waals surface area contributed by atoms with Crippen LogP contribution in [0.25, 0.3) is 0 Å². The minimum Gasteiger partial charge on any atom is -0.438 e. The van der Waals surface area contributed by atoms with E-state index in [1.165, 1.54) is 23.5 Å². The van der Waals surface area contributed by atoms with Crippen LogP contribution in [-0.4, -0.2) is 45.5 Å². The Labute approximate surface area is 108 Å². The molecule has 0 aromatic heterocycles. The van der Waals surface area contributed by atoms with Crippen molar-refractivity contribution in [2.24, 2.45) is 0 Å². The molecule has 90 valence electrons. The zero-order valence-electron chi connectivity index (χ0n) is 8.18. The van der Waals surface area contributed by atoms with Gasteiger partial charge < -0.3 is 15.2 Å². The standard InChI is InChI=1S/C7H15NO3S4/c9-3-14-6-15-4-11-7(10)8-1-2-13-5-12/h9,12H,1-6H2,(H,8,10). The van der Waals surface area contributed by atoms with E-state index in [1.807, 2.05) is 0 Å². The number of ether oxygens (including phenoxy) is 1. The number of hydrogen-bond donors (Lipinski definition) is 3. The van der Waals surface area contributed by atoms with E-state index < -0.39 is 6.09 Å². The van der Waals surface area contributed by atoms with Gasteiger partial charge in [0.2, 0.25) is 0 Å². The molecule has 0 aliphatic rings. The van der Waals surface area contributed by atoms with Crippen molar-refractivity contribution >= 4 is 54.0 Å². The van der Waals surface area contributed by atoms with E-state index in [1.54, 1.807) is 11.8 Å². The summed E-state index contributed by atoms with van der Waals surface area (Å²) in [5.41, 5.74) is 0. The summed E-state index contributed by atoms with van der Waals surface area (Å²) < 4.78 is 4.86. The fraction of sp³-hybridized carbons (Fsp3) is 0.857. The van der Waals surface area contributed by atoms with E-state index in [-0.39, 0.29) is 5.94 Å². The van der Waals surface area contributed by atoms with Crippen LogP contribution in [0.5, 0.6) is 0 Å². The molecule has 0 aliphatic heterocycles. The van der Waals surface area contributed by atoms with Crippen molar-refractivity contribution < 1.29 is 14.6 Å². The minimum atomic E-state index is -0.392. The molecule has 0 saturated carbocycles. The summed E-state index contributed by atoms with van der Waals surface area (Å²) in [6.07, 6.45) is -0.392. The summed E-state index contributed by atoms with van der Waals surface area (Å²) in [5.74, 6) is 1.25. The van der Waals surface area contributed by atoms with E-state index in [0.717, 1.165) is 15.9 Å². The second kappa shape index (κ2) is 12.7. The summed E-state index contributed by atoms with van der Waals surface area (Å²) in [5, 5.41) is 12.6. The molecule has 8 heteroatoms. The molecule has 0 radical (unpaired) electrons. The Morgan fingerprint density at radius 1 is 1.40 bits per heavy atom. The number of hydrogen-bond acceptors (Lipinski definition) is 7. The third kappa shape index (κ3) is 12.6. The Morgan fingerprint density at radius 2 is 2.20 bits per heavy atom. The Morgan fingerprint density at radius 3 is 2.87 bits per heavy atom. The normalized spacial score (nSPS) is 10.0. The molecule has 1 amide bonds. The number of alkyl carbamates (subject to hydrolysis) is 1. The van der Waals surface area contributed by atoms with Gasteiger partial charge in [-0.25, -0.2) is 4.79 Å². The summed E-state index contributed by atoms with van der Waals surface area (Å²) in [6.45, 7) is 0.597. The van der Waals surface area contributed by atoms with Crippen molar-refractivity contribution in [1.82, 2.24) is 5.32 Å². The predicted octanol–water partition coefficient (Wildman–Crippen LogP) is 1.66. The third-order valence-electron chi connectivity index (χ3n) is 1.14. The average Bonchev–Trinajstić information content (AvgIpc) is 2.24. The van der Waals surface area contributed by atoms with Crippen LogP contribution < -0.4 is 5.32 Å². The number of aliphatic hydroxyl groups excluding tert-OH is 1. The van der Waals surface area contributed by atoms with Crippen LogP contribution in [-0.2, 0) is 4.74 Å². The first kappa shape index (κ1) is 15.6. The lowest BCUT2D eigenvalue weighted by atomic mass is 10.7. The number of aliphatic hydroxyl groups is 1. The molecule has 0 aromatic carbocycles. The number of amides is 1. The highest BCUT2D eigenvalue weighted by Crippen LogP contribution is 2.10. The van der Waals surface area contributed by atoms with Crippen molar-refractivity contribution in [2.45, 2.75) is 0 Å². The van der Waals surface area contributed by atoms with Crippen LogP contribution in [0.4, 0.5) is 4.79 Å². The zero-order chi connectivity index (χ0) is 11.4. The Balaban J connectivity index is 3.11. The van der Waals surface area contributed by atoms with Crippen molar-refractivity contribution in [1.29, 1.82) is 0 Å². The molecule has 0 heterocycles. The summed E-state index contributed by atoms with van der Waals surface area (Å²) in [7, 11) is 0. The fourth-order valence-electron chi connectivity index (χ4n) is 0.566. The highest BCUT2D eigenvalue weighted by molar-refractivity contribution is 8.15. The molecule has 2 N–H and O–H groups in total. The summed E-state index contributed by atoms with van der Waals surface area (Å²) >= 11 is 8.50. The van der Waals surface area contributed by atoms with Crippen LogP contribution in [0.15, 0.2) is 0 Å². The Kier molecular flexibility index (Phi) is 13.2. The maximum atomic E-state index is 11.0. The smallest absolute Gasteiger partial charge is 0.407 e.